The zero-order valence-corrected chi connectivity index (χ0v) is 22.5. The van der Waals surface area contributed by atoms with Gasteiger partial charge in [-0.1, -0.05) is 36.4 Å². The smallest absolute Gasteiger partial charge is 0.340 e. The van der Waals surface area contributed by atoms with Gasteiger partial charge in [0.1, 0.15) is 11.5 Å². The first-order valence-electron chi connectivity index (χ1n) is 13.4. The Morgan fingerprint density at radius 3 is 2.49 bits per heavy atom. The van der Waals surface area contributed by atoms with Crippen LogP contribution in [0.5, 0.6) is 11.5 Å². The van der Waals surface area contributed by atoms with E-state index >= 15 is 0 Å². The molecule has 0 bridgehead atoms. The van der Waals surface area contributed by atoms with E-state index in [4.69, 9.17) is 14.2 Å². The third-order valence-corrected chi connectivity index (χ3v) is 7.52. The first-order chi connectivity index (χ1) is 19.0. The second-order valence-electron chi connectivity index (χ2n) is 10.0. The monoisotopic (exact) mass is 520 g/mol. The number of hydrogen-bond acceptors (Lipinski definition) is 6. The summed E-state index contributed by atoms with van der Waals surface area (Å²) >= 11 is 0. The first-order valence-corrected chi connectivity index (χ1v) is 13.4. The molecular formula is C33H32N2O4. The van der Waals surface area contributed by atoms with Crippen molar-refractivity contribution in [3.63, 3.8) is 0 Å². The van der Waals surface area contributed by atoms with Crippen LogP contribution in [0.3, 0.4) is 0 Å². The van der Waals surface area contributed by atoms with E-state index in [-0.39, 0.29) is 5.97 Å². The van der Waals surface area contributed by atoms with Crippen molar-refractivity contribution >= 4 is 23.0 Å². The number of aryl methyl sites for hydroxylation is 1. The Kier molecular flexibility index (Phi) is 6.49. The highest BCUT2D eigenvalue weighted by Gasteiger charge is 2.53. The lowest BCUT2D eigenvalue weighted by atomic mass is 9.77. The van der Waals surface area contributed by atoms with Crippen molar-refractivity contribution in [1.82, 2.24) is 0 Å². The molecule has 4 aromatic rings. The number of anilines is 3. The summed E-state index contributed by atoms with van der Waals surface area (Å²) in [6.45, 7) is 6.36. The number of rotatable bonds is 8. The molecule has 2 heterocycles. The van der Waals surface area contributed by atoms with Gasteiger partial charge in [0.25, 0.3) is 0 Å². The lowest BCUT2D eigenvalue weighted by Crippen LogP contribution is -2.33. The van der Waals surface area contributed by atoms with Gasteiger partial charge in [-0.3, -0.25) is 0 Å². The van der Waals surface area contributed by atoms with Crippen LogP contribution in [0.1, 0.15) is 46.0 Å². The molecule has 0 saturated heterocycles. The van der Waals surface area contributed by atoms with Crippen molar-refractivity contribution in [2.24, 2.45) is 0 Å². The van der Waals surface area contributed by atoms with Crippen LogP contribution < -0.4 is 15.0 Å². The molecular weight excluding hydrogens is 488 g/mol. The molecule has 0 radical (unpaired) electrons. The number of hydrogen-bond donors (Lipinski definition) is 1. The van der Waals surface area contributed by atoms with Crippen LogP contribution in [0.4, 0.5) is 17.1 Å². The number of ether oxygens (including phenoxy) is 3. The van der Waals surface area contributed by atoms with E-state index in [1.165, 1.54) is 0 Å². The second-order valence-corrected chi connectivity index (χ2v) is 10.0. The minimum Gasteiger partial charge on any atom is -0.456 e. The Labute approximate surface area is 229 Å². The molecule has 2 aliphatic rings. The van der Waals surface area contributed by atoms with Gasteiger partial charge >= 0.3 is 5.97 Å². The number of fused-ring (bicyclic) bond motifs is 6. The quantitative estimate of drug-likeness (QED) is 0.196. The van der Waals surface area contributed by atoms with E-state index in [0.717, 1.165) is 65.5 Å². The number of carbonyl (C=O) groups excluding carboxylic acids is 1. The van der Waals surface area contributed by atoms with Crippen molar-refractivity contribution in [2.75, 3.05) is 37.0 Å². The van der Waals surface area contributed by atoms with Crippen LogP contribution >= 0.6 is 0 Å². The Hall–Kier alpha value is -4.29. The van der Waals surface area contributed by atoms with Gasteiger partial charge in [0.2, 0.25) is 0 Å². The van der Waals surface area contributed by atoms with Crippen molar-refractivity contribution in [1.29, 1.82) is 0 Å². The topological polar surface area (TPSA) is 60.0 Å². The largest absolute Gasteiger partial charge is 0.456 e. The number of nitrogens with one attached hydrogen (secondary N) is 1. The highest BCUT2D eigenvalue weighted by atomic mass is 16.6. The molecule has 1 N–H and O–H groups in total. The average molecular weight is 521 g/mol. The Bertz CT molecular complexity index is 1530. The Balaban J connectivity index is 1.47. The van der Waals surface area contributed by atoms with Crippen LogP contribution in [-0.2, 0) is 15.1 Å². The van der Waals surface area contributed by atoms with Gasteiger partial charge in [0, 0.05) is 66.6 Å². The molecule has 6 rings (SSSR count). The first kappa shape index (κ1) is 25.0. The van der Waals surface area contributed by atoms with Gasteiger partial charge in [0.05, 0.1) is 5.56 Å². The van der Waals surface area contributed by atoms with Gasteiger partial charge in [-0.15, -0.1) is 0 Å². The highest BCUT2D eigenvalue weighted by Crippen LogP contribution is 2.57. The van der Waals surface area contributed by atoms with Gasteiger partial charge in [0.15, 0.2) is 5.60 Å². The number of nitrogens with zero attached hydrogens (tertiary/aromatic N) is 1. The molecule has 2 aliphatic heterocycles. The van der Waals surface area contributed by atoms with E-state index in [0.29, 0.717) is 17.1 Å². The lowest BCUT2D eigenvalue weighted by Gasteiger charge is -2.37. The molecule has 0 aromatic heterocycles. The van der Waals surface area contributed by atoms with Crippen molar-refractivity contribution in [3.8, 4) is 11.5 Å². The molecule has 0 amide bonds. The number of carbonyl (C=O) groups is 1. The number of benzene rings is 4. The van der Waals surface area contributed by atoms with Gasteiger partial charge < -0.3 is 24.4 Å². The normalized spacial score (nSPS) is 16.6. The fraction of sp³-hybridized carbons (Fsp3) is 0.242. The summed E-state index contributed by atoms with van der Waals surface area (Å²) in [5, 5.41) is 3.53. The van der Waals surface area contributed by atoms with Gasteiger partial charge in [-0.2, -0.15) is 0 Å². The Morgan fingerprint density at radius 1 is 0.897 bits per heavy atom. The molecule has 4 aromatic carbocycles. The van der Waals surface area contributed by atoms with E-state index in [1.807, 2.05) is 86.6 Å². The highest BCUT2D eigenvalue weighted by molar-refractivity contribution is 5.97. The summed E-state index contributed by atoms with van der Waals surface area (Å²) in [4.78, 5) is 15.4. The predicted molar refractivity (Wildman–Crippen MR) is 154 cm³/mol. The summed E-state index contributed by atoms with van der Waals surface area (Å²) in [7, 11) is 2.07. The molecule has 0 fully saturated rings. The molecule has 0 aliphatic carbocycles. The fourth-order valence-corrected chi connectivity index (χ4v) is 5.53. The van der Waals surface area contributed by atoms with Crippen molar-refractivity contribution < 1.29 is 19.0 Å². The molecule has 6 nitrogen and oxygen atoms in total. The fourth-order valence-electron chi connectivity index (χ4n) is 5.53. The van der Waals surface area contributed by atoms with E-state index in [2.05, 4.69) is 29.4 Å². The predicted octanol–water partition coefficient (Wildman–Crippen LogP) is 7.17. The zero-order valence-electron chi connectivity index (χ0n) is 22.5. The summed E-state index contributed by atoms with van der Waals surface area (Å²) < 4.78 is 18.4. The standard InChI is InChI=1S/C33H32N2O4/c1-4-37-18-10-17-35(3)24-15-16-27-31(20-24)38-30-19-22(2)29(34-23-11-6-5-7-12-23)21-28(30)33(27)26-14-9-8-13-25(26)32(36)39-33/h5-9,11-16,19-21,34H,4,10,17-18H2,1-3H3. The minimum absolute atomic E-state index is 0.334. The lowest BCUT2D eigenvalue weighted by molar-refractivity contribution is 0.0224. The summed E-state index contributed by atoms with van der Waals surface area (Å²) in [5.74, 6) is 1.03. The van der Waals surface area contributed by atoms with Crippen LogP contribution in [-0.4, -0.2) is 32.8 Å². The van der Waals surface area contributed by atoms with Crippen molar-refractivity contribution in [3.05, 3.63) is 113 Å². The summed E-state index contributed by atoms with van der Waals surface area (Å²) in [5.41, 5.74) is 5.87. The van der Waals surface area contributed by atoms with E-state index < -0.39 is 5.60 Å². The van der Waals surface area contributed by atoms with Crippen molar-refractivity contribution in [2.45, 2.75) is 25.9 Å². The molecule has 198 valence electrons. The molecule has 39 heavy (non-hydrogen) atoms. The van der Waals surface area contributed by atoms with Crippen LogP contribution in [0, 0.1) is 6.92 Å². The van der Waals surface area contributed by atoms with Crippen LogP contribution in [0.15, 0.2) is 84.9 Å². The zero-order chi connectivity index (χ0) is 27.0. The SMILES string of the molecule is CCOCCCN(C)c1ccc2c(c1)Oc1cc(C)c(Nc3ccccc3)cc1C21OC(=O)c2ccccc21. The summed E-state index contributed by atoms with van der Waals surface area (Å²) in [6, 6.07) is 27.9. The average Bonchev–Trinajstić information content (AvgIpc) is 3.25. The third-order valence-electron chi connectivity index (χ3n) is 7.52. The van der Waals surface area contributed by atoms with E-state index in [9.17, 15) is 4.79 Å². The summed E-state index contributed by atoms with van der Waals surface area (Å²) in [6.07, 6.45) is 0.927. The van der Waals surface area contributed by atoms with E-state index in [1.54, 1.807) is 0 Å². The van der Waals surface area contributed by atoms with Gasteiger partial charge in [-0.05, 0) is 68.3 Å². The number of para-hydroxylation sites is 1. The maximum atomic E-state index is 13.2. The second kappa shape index (κ2) is 10.1. The molecule has 0 saturated carbocycles. The van der Waals surface area contributed by atoms with Crippen LogP contribution in [0.25, 0.3) is 0 Å². The molecule has 1 unspecified atom stereocenters. The molecule has 1 spiro atoms. The molecule has 6 heteroatoms. The van der Waals surface area contributed by atoms with Gasteiger partial charge in [-0.25, -0.2) is 4.79 Å². The molecule has 1 atom stereocenters. The maximum absolute atomic E-state index is 13.2. The minimum atomic E-state index is -1.11. The number of esters is 1. The Morgan fingerprint density at radius 2 is 1.67 bits per heavy atom. The third kappa shape index (κ3) is 4.31. The maximum Gasteiger partial charge on any atom is 0.340 e. The van der Waals surface area contributed by atoms with Crippen LogP contribution in [0.2, 0.25) is 0 Å².